The minimum absolute atomic E-state index is 0.105. The van der Waals surface area contributed by atoms with Gasteiger partial charge in [-0.3, -0.25) is 9.69 Å². The number of pyridine rings is 2. The van der Waals surface area contributed by atoms with Crippen LogP contribution in [0.4, 0.5) is 16.4 Å². The average Bonchev–Trinajstić information content (AvgIpc) is 3.61. The molecular formula is C33H44N8O3. The molecule has 11 nitrogen and oxygen atoms in total. The minimum Gasteiger partial charge on any atom is -0.444 e. The molecule has 0 radical (unpaired) electrons. The number of ether oxygens (including phenoxy) is 1. The zero-order chi connectivity index (χ0) is 31.6. The first-order chi connectivity index (χ1) is 20.7. The molecule has 0 N–H and O–H groups in total. The number of piperidine rings is 1. The Bertz CT molecular complexity index is 1600. The maximum absolute atomic E-state index is 14.1. The lowest BCUT2D eigenvalue weighted by Crippen LogP contribution is -2.39. The predicted molar refractivity (Wildman–Crippen MR) is 169 cm³/mol. The average molecular weight is 601 g/mol. The van der Waals surface area contributed by atoms with Gasteiger partial charge in [0.15, 0.2) is 5.82 Å². The van der Waals surface area contributed by atoms with Gasteiger partial charge in [0, 0.05) is 37.7 Å². The predicted octanol–water partition coefficient (Wildman–Crippen LogP) is 5.43. The van der Waals surface area contributed by atoms with Gasteiger partial charge in [-0.2, -0.15) is 0 Å². The summed E-state index contributed by atoms with van der Waals surface area (Å²) in [6, 6.07) is 7.61. The fraction of sp³-hybridized carbons (Fsp3) is 0.576. The molecule has 0 aromatic carbocycles. The highest BCUT2D eigenvalue weighted by Crippen LogP contribution is 2.37. The quantitative estimate of drug-likeness (QED) is 0.382. The first-order valence-corrected chi connectivity index (χ1v) is 15.7. The highest BCUT2D eigenvalue weighted by atomic mass is 16.6. The third-order valence-corrected chi connectivity index (χ3v) is 8.81. The Morgan fingerprint density at radius 1 is 1.09 bits per heavy atom. The number of rotatable bonds is 5. The molecule has 6 rings (SSSR count). The maximum Gasteiger partial charge on any atom is 0.410 e. The summed E-state index contributed by atoms with van der Waals surface area (Å²) in [5.74, 6) is 3.90. The van der Waals surface area contributed by atoms with Gasteiger partial charge in [-0.1, -0.05) is 19.9 Å². The van der Waals surface area contributed by atoms with Crippen LogP contribution in [0, 0.1) is 11.8 Å². The first-order valence-electron chi connectivity index (χ1n) is 15.7. The standard InChI is InChI=1S/C33H44N8O3/c1-20-14-21(2)17-39(16-20)28-15-22-23(25(35-28)19-38(8)31(43)44-32(3,4)5)18-40(30(22)42)26-11-9-10-24(34-26)29-37-36-27-12-13-33(6,7)41(27)29/h9-11,15,20-21H,12-14,16-19H2,1-8H3. The normalized spacial score (nSPS) is 21.0. The van der Waals surface area contributed by atoms with E-state index < -0.39 is 11.7 Å². The number of hydrogen-bond donors (Lipinski definition) is 0. The molecule has 3 aromatic rings. The zero-order valence-corrected chi connectivity index (χ0v) is 27.2. The monoisotopic (exact) mass is 600 g/mol. The number of hydrogen-bond acceptors (Lipinski definition) is 8. The lowest BCUT2D eigenvalue weighted by atomic mass is 9.92. The molecule has 2 amide bonds. The van der Waals surface area contributed by atoms with E-state index >= 15 is 0 Å². The molecule has 0 bridgehead atoms. The molecular weight excluding hydrogens is 556 g/mol. The van der Waals surface area contributed by atoms with Crippen LogP contribution in [-0.2, 0) is 29.8 Å². The van der Waals surface area contributed by atoms with Crippen molar-refractivity contribution in [3.8, 4) is 11.5 Å². The van der Waals surface area contributed by atoms with Crippen LogP contribution in [0.5, 0.6) is 0 Å². The van der Waals surface area contributed by atoms with Crippen molar-refractivity contribution in [2.45, 2.75) is 92.0 Å². The van der Waals surface area contributed by atoms with Crippen molar-refractivity contribution < 1.29 is 14.3 Å². The van der Waals surface area contributed by atoms with Gasteiger partial charge in [-0.05, 0) is 77.5 Å². The largest absolute Gasteiger partial charge is 0.444 e. The van der Waals surface area contributed by atoms with E-state index in [1.807, 2.05) is 45.0 Å². The van der Waals surface area contributed by atoms with Crippen molar-refractivity contribution in [1.82, 2.24) is 29.6 Å². The molecule has 3 aliphatic heterocycles. The van der Waals surface area contributed by atoms with Crippen molar-refractivity contribution in [2.24, 2.45) is 11.8 Å². The number of fused-ring (bicyclic) bond motifs is 2. The van der Waals surface area contributed by atoms with Gasteiger partial charge in [0.1, 0.15) is 28.8 Å². The molecule has 1 saturated heterocycles. The second kappa shape index (κ2) is 10.9. The number of aryl methyl sites for hydroxylation is 1. The molecule has 6 heterocycles. The Morgan fingerprint density at radius 3 is 2.52 bits per heavy atom. The van der Waals surface area contributed by atoms with Gasteiger partial charge in [0.05, 0.1) is 24.3 Å². The van der Waals surface area contributed by atoms with E-state index in [4.69, 9.17) is 14.7 Å². The minimum atomic E-state index is -0.619. The number of aromatic nitrogens is 5. The molecule has 0 aliphatic carbocycles. The summed E-state index contributed by atoms with van der Waals surface area (Å²) in [7, 11) is 1.71. The van der Waals surface area contributed by atoms with Crippen LogP contribution in [-0.4, -0.2) is 67.4 Å². The van der Waals surface area contributed by atoms with Gasteiger partial charge >= 0.3 is 6.09 Å². The van der Waals surface area contributed by atoms with Gasteiger partial charge in [-0.25, -0.2) is 14.8 Å². The lowest BCUT2D eigenvalue weighted by molar-refractivity contribution is 0.0282. The van der Waals surface area contributed by atoms with Crippen molar-refractivity contribution in [3.05, 3.63) is 46.9 Å². The number of nitrogens with zero attached hydrogens (tertiary/aromatic N) is 8. The highest BCUT2D eigenvalue weighted by Gasteiger charge is 2.37. The number of anilines is 2. The van der Waals surface area contributed by atoms with Crippen LogP contribution in [0.3, 0.4) is 0 Å². The Balaban J connectivity index is 1.35. The number of carbonyl (C=O) groups excluding carboxylic acids is 2. The van der Waals surface area contributed by atoms with Crippen LogP contribution in [0.1, 0.15) is 88.7 Å². The molecule has 0 saturated carbocycles. The van der Waals surface area contributed by atoms with Crippen LogP contribution < -0.4 is 9.80 Å². The number of amides is 2. The topological polar surface area (TPSA) is 110 Å². The fourth-order valence-corrected chi connectivity index (χ4v) is 6.82. The molecule has 3 aliphatic rings. The SMILES string of the molecule is CC1CC(C)CN(c2cc3c(c(CN(C)C(=O)OC(C)(C)C)n2)CN(c2cccc(-c4nnc5n4C(C)(C)CC5)n2)C3=O)C1. The van der Waals surface area contributed by atoms with Crippen molar-refractivity contribution in [2.75, 3.05) is 29.9 Å². The van der Waals surface area contributed by atoms with Crippen LogP contribution >= 0.6 is 0 Å². The second-order valence-electron chi connectivity index (χ2n) is 14.5. The molecule has 2 atom stereocenters. The summed E-state index contributed by atoms with van der Waals surface area (Å²) in [5, 5.41) is 8.90. The first kappa shape index (κ1) is 30.0. The smallest absolute Gasteiger partial charge is 0.410 e. The van der Waals surface area contributed by atoms with Gasteiger partial charge in [0.2, 0.25) is 0 Å². The third-order valence-electron chi connectivity index (χ3n) is 8.81. The number of carbonyl (C=O) groups is 2. The molecule has 2 unspecified atom stereocenters. The molecule has 11 heteroatoms. The summed E-state index contributed by atoms with van der Waals surface area (Å²) >= 11 is 0. The molecule has 0 spiro atoms. The van der Waals surface area contributed by atoms with E-state index in [2.05, 4.69) is 47.4 Å². The highest BCUT2D eigenvalue weighted by molar-refractivity contribution is 6.10. The Kier molecular flexibility index (Phi) is 7.41. The lowest BCUT2D eigenvalue weighted by Gasteiger charge is -2.36. The van der Waals surface area contributed by atoms with E-state index in [0.717, 1.165) is 49.6 Å². The molecule has 3 aromatic heterocycles. The second-order valence-corrected chi connectivity index (χ2v) is 14.5. The van der Waals surface area contributed by atoms with E-state index in [-0.39, 0.29) is 18.0 Å². The third kappa shape index (κ3) is 5.64. The summed E-state index contributed by atoms with van der Waals surface area (Å²) < 4.78 is 7.79. The zero-order valence-electron chi connectivity index (χ0n) is 27.2. The van der Waals surface area contributed by atoms with Crippen molar-refractivity contribution in [3.63, 3.8) is 0 Å². The van der Waals surface area contributed by atoms with E-state index in [9.17, 15) is 9.59 Å². The van der Waals surface area contributed by atoms with Crippen molar-refractivity contribution in [1.29, 1.82) is 0 Å². The summed E-state index contributed by atoms with van der Waals surface area (Å²) in [5.41, 5.74) is 2.06. The van der Waals surface area contributed by atoms with Crippen molar-refractivity contribution >= 4 is 23.6 Å². The van der Waals surface area contributed by atoms with Gasteiger partial charge in [-0.15, -0.1) is 10.2 Å². The van der Waals surface area contributed by atoms with Gasteiger partial charge in [0.25, 0.3) is 5.91 Å². The van der Waals surface area contributed by atoms with E-state index in [1.54, 1.807) is 11.9 Å². The summed E-state index contributed by atoms with van der Waals surface area (Å²) in [6.07, 6.45) is 2.61. The van der Waals surface area contributed by atoms with E-state index in [1.165, 1.54) is 4.90 Å². The Hall–Kier alpha value is -4.02. The molecule has 234 valence electrons. The molecule has 1 fully saturated rings. The Morgan fingerprint density at radius 2 is 1.82 bits per heavy atom. The fourth-order valence-electron chi connectivity index (χ4n) is 6.82. The van der Waals surface area contributed by atoms with Crippen LogP contribution in [0.15, 0.2) is 24.3 Å². The molecule has 44 heavy (non-hydrogen) atoms. The van der Waals surface area contributed by atoms with E-state index in [0.29, 0.717) is 47.0 Å². The van der Waals surface area contributed by atoms with Crippen LogP contribution in [0.25, 0.3) is 11.5 Å². The summed E-state index contributed by atoms with van der Waals surface area (Å²) in [6.45, 7) is 16.7. The van der Waals surface area contributed by atoms with Gasteiger partial charge < -0.3 is 19.1 Å². The summed E-state index contributed by atoms with van der Waals surface area (Å²) in [4.78, 5) is 42.6. The Labute approximate surface area is 259 Å². The maximum atomic E-state index is 14.1. The van der Waals surface area contributed by atoms with Crippen LogP contribution in [0.2, 0.25) is 0 Å².